The standard InChI is InChI=1S/C20H27N3O3S/c1-15(2)18-9-5-7-16(3)20(18)22-19(24)10-12-23(27(4,25)26)14-17-8-6-11-21-13-17/h5-9,11,13,15H,10,12,14H2,1-4H3,(H,22,24). The van der Waals surface area contributed by atoms with E-state index in [1.54, 1.807) is 18.5 Å². The first kappa shape index (κ1) is 21.1. The molecule has 1 N–H and O–H groups in total. The normalized spacial score (nSPS) is 11.8. The van der Waals surface area contributed by atoms with E-state index in [-0.39, 0.29) is 31.3 Å². The number of carbonyl (C=O) groups is 1. The smallest absolute Gasteiger partial charge is 0.225 e. The molecule has 0 fully saturated rings. The Morgan fingerprint density at radius 3 is 2.56 bits per heavy atom. The van der Waals surface area contributed by atoms with Crippen molar-refractivity contribution in [3.05, 3.63) is 59.4 Å². The van der Waals surface area contributed by atoms with E-state index in [4.69, 9.17) is 0 Å². The number of nitrogens with one attached hydrogen (secondary N) is 1. The van der Waals surface area contributed by atoms with E-state index in [1.807, 2.05) is 31.2 Å². The first-order valence-corrected chi connectivity index (χ1v) is 10.8. The van der Waals surface area contributed by atoms with Gasteiger partial charge in [0.05, 0.1) is 6.26 Å². The molecule has 0 radical (unpaired) electrons. The van der Waals surface area contributed by atoms with E-state index in [0.717, 1.165) is 28.6 Å². The summed E-state index contributed by atoms with van der Waals surface area (Å²) in [5.41, 5.74) is 3.66. The fraction of sp³-hybridized carbons (Fsp3) is 0.400. The minimum atomic E-state index is -3.44. The van der Waals surface area contributed by atoms with Crippen LogP contribution in [0.2, 0.25) is 0 Å². The average Bonchev–Trinajstić information content (AvgIpc) is 2.60. The number of hydrogen-bond acceptors (Lipinski definition) is 4. The maximum absolute atomic E-state index is 12.5. The third-order valence-corrected chi connectivity index (χ3v) is 5.58. The second kappa shape index (κ2) is 9.10. The highest BCUT2D eigenvalue weighted by Crippen LogP contribution is 2.27. The first-order chi connectivity index (χ1) is 12.7. The fourth-order valence-corrected chi connectivity index (χ4v) is 3.63. The molecule has 2 aromatic rings. The molecule has 0 spiro atoms. The maximum Gasteiger partial charge on any atom is 0.225 e. The lowest BCUT2D eigenvalue weighted by molar-refractivity contribution is -0.116. The average molecular weight is 390 g/mol. The van der Waals surface area contributed by atoms with E-state index >= 15 is 0 Å². The Bertz CT molecular complexity index is 881. The van der Waals surface area contributed by atoms with Gasteiger partial charge in [0.2, 0.25) is 15.9 Å². The molecular formula is C20H27N3O3S. The van der Waals surface area contributed by atoms with Crippen molar-refractivity contribution in [3.63, 3.8) is 0 Å². The predicted octanol–water partition coefficient (Wildman–Crippen LogP) is 3.30. The number of aromatic nitrogens is 1. The van der Waals surface area contributed by atoms with Crippen molar-refractivity contribution >= 4 is 21.6 Å². The molecule has 0 saturated heterocycles. The first-order valence-electron chi connectivity index (χ1n) is 8.92. The number of rotatable bonds is 8. The number of hydrogen-bond donors (Lipinski definition) is 1. The van der Waals surface area contributed by atoms with Crippen LogP contribution in [0.15, 0.2) is 42.7 Å². The number of sulfonamides is 1. The molecule has 1 amide bonds. The van der Waals surface area contributed by atoms with Gasteiger partial charge in [0.25, 0.3) is 0 Å². The molecule has 1 aromatic carbocycles. The van der Waals surface area contributed by atoms with Crippen molar-refractivity contribution in [2.45, 2.75) is 39.7 Å². The van der Waals surface area contributed by atoms with Crippen LogP contribution in [0.3, 0.4) is 0 Å². The van der Waals surface area contributed by atoms with Gasteiger partial charge in [-0.15, -0.1) is 0 Å². The monoisotopic (exact) mass is 389 g/mol. The lowest BCUT2D eigenvalue weighted by Gasteiger charge is -2.20. The van der Waals surface area contributed by atoms with E-state index < -0.39 is 10.0 Å². The van der Waals surface area contributed by atoms with E-state index in [2.05, 4.69) is 24.1 Å². The van der Waals surface area contributed by atoms with Crippen LogP contribution in [-0.2, 0) is 21.4 Å². The maximum atomic E-state index is 12.5. The van der Waals surface area contributed by atoms with Crippen LogP contribution in [0.4, 0.5) is 5.69 Å². The van der Waals surface area contributed by atoms with Crippen LogP contribution in [0.1, 0.15) is 42.9 Å². The zero-order valence-corrected chi connectivity index (χ0v) is 17.1. The van der Waals surface area contributed by atoms with Crippen LogP contribution in [0.5, 0.6) is 0 Å². The lowest BCUT2D eigenvalue weighted by atomic mass is 9.98. The van der Waals surface area contributed by atoms with Gasteiger partial charge in [0.1, 0.15) is 0 Å². The lowest BCUT2D eigenvalue weighted by Crippen LogP contribution is -2.32. The van der Waals surface area contributed by atoms with Gasteiger partial charge >= 0.3 is 0 Å². The van der Waals surface area contributed by atoms with Crippen LogP contribution in [-0.4, -0.2) is 36.4 Å². The Kier molecular flexibility index (Phi) is 7.10. The van der Waals surface area contributed by atoms with Gasteiger partial charge in [-0.2, -0.15) is 4.31 Å². The number of aryl methyl sites for hydroxylation is 1. The van der Waals surface area contributed by atoms with Crippen molar-refractivity contribution in [2.75, 3.05) is 18.1 Å². The van der Waals surface area contributed by atoms with Crippen molar-refractivity contribution in [1.29, 1.82) is 0 Å². The Balaban J connectivity index is 2.06. The molecule has 0 aliphatic carbocycles. The van der Waals surface area contributed by atoms with Gasteiger partial charge in [0.15, 0.2) is 0 Å². The van der Waals surface area contributed by atoms with Crippen molar-refractivity contribution in [3.8, 4) is 0 Å². The summed E-state index contributed by atoms with van der Waals surface area (Å²) in [6.07, 6.45) is 4.50. The molecule has 0 atom stereocenters. The summed E-state index contributed by atoms with van der Waals surface area (Å²) in [5.74, 6) is 0.0735. The molecule has 1 aromatic heterocycles. The molecule has 7 heteroatoms. The van der Waals surface area contributed by atoms with Gasteiger partial charge in [-0.05, 0) is 35.6 Å². The summed E-state index contributed by atoms with van der Waals surface area (Å²) in [4.78, 5) is 16.5. The fourth-order valence-electron chi connectivity index (χ4n) is 2.83. The highest BCUT2D eigenvalue weighted by Gasteiger charge is 2.19. The SMILES string of the molecule is Cc1cccc(C(C)C)c1NC(=O)CCN(Cc1cccnc1)S(C)(=O)=O. The topological polar surface area (TPSA) is 79.4 Å². The van der Waals surface area contributed by atoms with Gasteiger partial charge in [-0.1, -0.05) is 38.1 Å². The largest absolute Gasteiger partial charge is 0.326 e. The van der Waals surface area contributed by atoms with Crippen molar-refractivity contribution in [1.82, 2.24) is 9.29 Å². The zero-order valence-electron chi connectivity index (χ0n) is 16.3. The number of amides is 1. The molecule has 1 heterocycles. The summed E-state index contributed by atoms with van der Waals surface area (Å²) >= 11 is 0. The van der Waals surface area contributed by atoms with Crippen molar-refractivity contribution in [2.24, 2.45) is 0 Å². The van der Waals surface area contributed by atoms with Gasteiger partial charge in [0, 0.05) is 37.6 Å². The van der Waals surface area contributed by atoms with Gasteiger partial charge < -0.3 is 5.32 Å². The van der Waals surface area contributed by atoms with E-state index in [1.165, 1.54) is 4.31 Å². The molecule has 27 heavy (non-hydrogen) atoms. The van der Waals surface area contributed by atoms with E-state index in [9.17, 15) is 13.2 Å². The van der Waals surface area contributed by atoms with Gasteiger partial charge in [-0.25, -0.2) is 8.42 Å². The molecule has 0 unspecified atom stereocenters. The molecule has 0 saturated carbocycles. The highest BCUT2D eigenvalue weighted by atomic mass is 32.2. The van der Waals surface area contributed by atoms with Crippen LogP contribution in [0.25, 0.3) is 0 Å². The number of para-hydroxylation sites is 1. The van der Waals surface area contributed by atoms with Crippen molar-refractivity contribution < 1.29 is 13.2 Å². The quantitative estimate of drug-likeness (QED) is 0.751. The molecule has 2 rings (SSSR count). The Labute approximate surface area is 161 Å². The molecule has 0 bridgehead atoms. The van der Waals surface area contributed by atoms with Gasteiger partial charge in [-0.3, -0.25) is 9.78 Å². The van der Waals surface area contributed by atoms with Crippen LogP contribution >= 0.6 is 0 Å². The molecule has 6 nitrogen and oxygen atoms in total. The Hall–Kier alpha value is -2.25. The third kappa shape index (κ3) is 6.15. The molecule has 0 aliphatic rings. The Morgan fingerprint density at radius 1 is 1.22 bits per heavy atom. The highest BCUT2D eigenvalue weighted by molar-refractivity contribution is 7.88. The number of benzene rings is 1. The summed E-state index contributed by atoms with van der Waals surface area (Å²) in [5, 5.41) is 2.96. The van der Waals surface area contributed by atoms with Crippen LogP contribution < -0.4 is 5.32 Å². The summed E-state index contributed by atoms with van der Waals surface area (Å²) in [6, 6.07) is 9.49. The van der Waals surface area contributed by atoms with Crippen LogP contribution in [0, 0.1) is 6.92 Å². The summed E-state index contributed by atoms with van der Waals surface area (Å²) < 4.78 is 25.5. The molecule has 0 aliphatic heterocycles. The zero-order chi connectivity index (χ0) is 20.0. The molecular weight excluding hydrogens is 362 g/mol. The number of anilines is 1. The Morgan fingerprint density at radius 2 is 1.96 bits per heavy atom. The number of carbonyl (C=O) groups excluding carboxylic acids is 1. The van der Waals surface area contributed by atoms with E-state index in [0.29, 0.717) is 0 Å². The predicted molar refractivity (Wildman–Crippen MR) is 108 cm³/mol. The summed E-state index contributed by atoms with van der Waals surface area (Å²) in [6.45, 7) is 6.41. The minimum absolute atomic E-state index is 0.0825. The minimum Gasteiger partial charge on any atom is -0.326 e. The number of nitrogens with zero attached hydrogens (tertiary/aromatic N) is 2. The second-order valence-corrected chi connectivity index (χ2v) is 8.93. The molecule has 146 valence electrons. The number of pyridine rings is 1. The summed E-state index contributed by atoms with van der Waals surface area (Å²) in [7, 11) is -3.44. The third-order valence-electron chi connectivity index (χ3n) is 4.33. The second-order valence-electron chi connectivity index (χ2n) is 6.95.